The first kappa shape index (κ1) is 13.2. The second kappa shape index (κ2) is 5.63. The molecule has 1 nitrogen and oxygen atoms in total. The van der Waals surface area contributed by atoms with Gasteiger partial charge in [0.2, 0.25) is 0 Å². The molecule has 0 aliphatic rings. The third kappa shape index (κ3) is 3.18. The van der Waals surface area contributed by atoms with Gasteiger partial charge in [0.15, 0.2) is 0 Å². The van der Waals surface area contributed by atoms with E-state index < -0.39 is 0 Å². The average molecular weight is 308 g/mol. The maximum atomic E-state index is 13.6. The van der Waals surface area contributed by atoms with Crippen LogP contribution in [-0.4, -0.2) is 0 Å². The molecule has 0 radical (unpaired) electrons. The van der Waals surface area contributed by atoms with Crippen LogP contribution < -0.4 is 5.73 Å². The molecule has 18 heavy (non-hydrogen) atoms. The van der Waals surface area contributed by atoms with E-state index >= 15 is 0 Å². The molecular formula is C15H15BrFN. The van der Waals surface area contributed by atoms with Crippen LogP contribution in [0.4, 0.5) is 4.39 Å². The van der Waals surface area contributed by atoms with Crippen molar-refractivity contribution >= 4 is 15.9 Å². The fourth-order valence-corrected chi connectivity index (χ4v) is 2.62. The van der Waals surface area contributed by atoms with Crippen molar-refractivity contribution < 1.29 is 4.39 Å². The van der Waals surface area contributed by atoms with E-state index in [1.165, 1.54) is 6.07 Å². The summed E-state index contributed by atoms with van der Waals surface area (Å²) in [5, 5.41) is 0. The van der Waals surface area contributed by atoms with Gasteiger partial charge in [-0.05, 0) is 48.2 Å². The van der Waals surface area contributed by atoms with Crippen molar-refractivity contribution in [2.24, 2.45) is 5.73 Å². The quantitative estimate of drug-likeness (QED) is 0.906. The molecule has 0 saturated heterocycles. The van der Waals surface area contributed by atoms with Crippen LogP contribution in [0.5, 0.6) is 0 Å². The van der Waals surface area contributed by atoms with Gasteiger partial charge in [-0.25, -0.2) is 4.39 Å². The zero-order valence-electron chi connectivity index (χ0n) is 10.2. The van der Waals surface area contributed by atoms with Gasteiger partial charge < -0.3 is 5.73 Å². The molecular weight excluding hydrogens is 293 g/mol. The summed E-state index contributed by atoms with van der Waals surface area (Å²) in [7, 11) is 0. The number of halogens is 2. The summed E-state index contributed by atoms with van der Waals surface area (Å²) in [4.78, 5) is 0. The minimum absolute atomic E-state index is 0.195. The lowest BCUT2D eigenvalue weighted by atomic mass is 9.98. The number of hydrogen-bond donors (Lipinski definition) is 1. The summed E-state index contributed by atoms with van der Waals surface area (Å²) in [5.41, 5.74) is 8.96. The summed E-state index contributed by atoms with van der Waals surface area (Å²) in [6.07, 6.45) is 0.503. The Bertz CT molecular complexity index is 534. The van der Waals surface area contributed by atoms with Crippen molar-refractivity contribution in [3.8, 4) is 0 Å². The molecule has 0 fully saturated rings. The summed E-state index contributed by atoms with van der Waals surface area (Å²) < 4.78 is 14.6. The fourth-order valence-electron chi connectivity index (χ4n) is 2.00. The second-order valence-electron chi connectivity index (χ2n) is 4.46. The summed E-state index contributed by atoms with van der Waals surface area (Å²) in [6.45, 7) is 2.02. The van der Waals surface area contributed by atoms with Crippen LogP contribution in [0.15, 0.2) is 46.9 Å². The highest BCUT2D eigenvalue weighted by Crippen LogP contribution is 2.22. The molecule has 2 N–H and O–H groups in total. The Labute approximate surface area is 115 Å². The Hall–Kier alpha value is -1.19. The Kier molecular flexibility index (Phi) is 4.15. The second-order valence-corrected chi connectivity index (χ2v) is 5.38. The third-order valence-corrected chi connectivity index (χ3v) is 3.35. The van der Waals surface area contributed by atoms with Crippen LogP contribution in [0.25, 0.3) is 0 Å². The molecule has 0 aromatic heterocycles. The van der Waals surface area contributed by atoms with Crippen LogP contribution in [-0.2, 0) is 6.42 Å². The number of nitrogens with two attached hydrogens (primary N) is 1. The van der Waals surface area contributed by atoms with Crippen LogP contribution in [0.1, 0.15) is 22.7 Å². The molecule has 0 saturated carbocycles. The monoisotopic (exact) mass is 307 g/mol. The van der Waals surface area contributed by atoms with Crippen LogP contribution >= 0.6 is 15.9 Å². The Morgan fingerprint density at radius 3 is 2.61 bits per heavy atom. The summed E-state index contributed by atoms with van der Waals surface area (Å²) >= 11 is 3.45. The van der Waals surface area contributed by atoms with Crippen LogP contribution in [0.3, 0.4) is 0 Å². The van der Waals surface area contributed by atoms with Crippen molar-refractivity contribution in [3.63, 3.8) is 0 Å². The molecule has 94 valence electrons. The number of aryl methyl sites for hydroxylation is 1. The highest BCUT2D eigenvalue weighted by atomic mass is 79.9. The first-order valence-electron chi connectivity index (χ1n) is 5.82. The van der Waals surface area contributed by atoms with E-state index in [1.54, 1.807) is 12.1 Å². The molecule has 2 aromatic carbocycles. The van der Waals surface area contributed by atoms with E-state index in [1.807, 2.05) is 31.2 Å². The highest BCUT2D eigenvalue weighted by Gasteiger charge is 2.11. The lowest BCUT2D eigenvalue weighted by molar-refractivity contribution is 0.593. The van der Waals surface area contributed by atoms with Gasteiger partial charge in [0.05, 0.1) is 0 Å². The van der Waals surface area contributed by atoms with Gasteiger partial charge in [-0.3, -0.25) is 0 Å². The molecule has 1 unspecified atom stereocenters. The van der Waals surface area contributed by atoms with Crippen molar-refractivity contribution in [2.45, 2.75) is 19.4 Å². The molecule has 2 rings (SSSR count). The largest absolute Gasteiger partial charge is 0.324 e. The van der Waals surface area contributed by atoms with Gasteiger partial charge in [0, 0.05) is 10.5 Å². The molecule has 3 heteroatoms. The maximum Gasteiger partial charge on any atom is 0.126 e. The van der Waals surface area contributed by atoms with Gasteiger partial charge >= 0.3 is 0 Å². The van der Waals surface area contributed by atoms with Crippen LogP contribution in [0, 0.1) is 12.7 Å². The highest BCUT2D eigenvalue weighted by molar-refractivity contribution is 9.10. The summed E-state index contributed by atoms with van der Waals surface area (Å²) in [6, 6.07) is 12.6. The van der Waals surface area contributed by atoms with Gasteiger partial charge in [-0.15, -0.1) is 0 Å². The lowest BCUT2D eigenvalue weighted by Gasteiger charge is -2.14. The molecule has 0 aliphatic carbocycles. The van der Waals surface area contributed by atoms with Crippen molar-refractivity contribution in [2.75, 3.05) is 0 Å². The average Bonchev–Trinajstić information content (AvgIpc) is 2.31. The minimum atomic E-state index is -0.196. The van der Waals surface area contributed by atoms with Crippen molar-refractivity contribution in [1.82, 2.24) is 0 Å². The lowest BCUT2D eigenvalue weighted by Crippen LogP contribution is -2.14. The minimum Gasteiger partial charge on any atom is -0.324 e. The van der Waals surface area contributed by atoms with E-state index in [0.717, 1.165) is 15.6 Å². The number of benzene rings is 2. The molecule has 2 aromatic rings. The van der Waals surface area contributed by atoms with E-state index in [2.05, 4.69) is 15.9 Å². The zero-order valence-corrected chi connectivity index (χ0v) is 11.7. The molecule has 0 amide bonds. The molecule has 0 aliphatic heterocycles. The van der Waals surface area contributed by atoms with E-state index in [-0.39, 0.29) is 11.9 Å². The van der Waals surface area contributed by atoms with Crippen LogP contribution in [0.2, 0.25) is 0 Å². The predicted molar refractivity (Wildman–Crippen MR) is 75.9 cm³/mol. The first-order valence-corrected chi connectivity index (χ1v) is 6.61. The Morgan fingerprint density at radius 1 is 1.22 bits per heavy atom. The van der Waals surface area contributed by atoms with Gasteiger partial charge in [0.1, 0.15) is 5.82 Å². The summed E-state index contributed by atoms with van der Waals surface area (Å²) in [5.74, 6) is -0.195. The Balaban J connectivity index is 2.22. The SMILES string of the molecule is Cc1cc(Br)cc(C(N)Cc2ccccc2F)c1. The van der Waals surface area contributed by atoms with Gasteiger partial charge in [0.25, 0.3) is 0 Å². The van der Waals surface area contributed by atoms with Crippen molar-refractivity contribution in [1.29, 1.82) is 0 Å². The van der Waals surface area contributed by atoms with Gasteiger partial charge in [-0.2, -0.15) is 0 Å². The molecule has 1 atom stereocenters. The molecule has 0 heterocycles. The fraction of sp³-hybridized carbons (Fsp3) is 0.200. The predicted octanol–water partition coefficient (Wildman–Crippen LogP) is 4.14. The Morgan fingerprint density at radius 2 is 1.94 bits per heavy atom. The van der Waals surface area contributed by atoms with E-state index in [9.17, 15) is 4.39 Å². The number of rotatable bonds is 3. The third-order valence-electron chi connectivity index (χ3n) is 2.89. The first-order chi connectivity index (χ1) is 8.56. The standard InChI is InChI=1S/C15H15BrFN/c1-10-6-12(8-13(16)7-10)15(18)9-11-4-2-3-5-14(11)17/h2-8,15H,9,18H2,1H3. The van der Waals surface area contributed by atoms with Crippen molar-refractivity contribution in [3.05, 3.63) is 69.4 Å². The zero-order chi connectivity index (χ0) is 13.1. The molecule has 0 bridgehead atoms. The topological polar surface area (TPSA) is 26.0 Å². The normalized spacial score (nSPS) is 12.4. The van der Waals surface area contributed by atoms with E-state index in [0.29, 0.717) is 12.0 Å². The maximum absolute atomic E-state index is 13.6. The van der Waals surface area contributed by atoms with Gasteiger partial charge in [-0.1, -0.05) is 40.2 Å². The smallest absolute Gasteiger partial charge is 0.126 e. The number of hydrogen-bond acceptors (Lipinski definition) is 1. The van der Waals surface area contributed by atoms with E-state index in [4.69, 9.17) is 5.73 Å². The molecule has 0 spiro atoms.